The molecule has 0 bridgehead atoms. The number of aryl methyl sites for hydroxylation is 1. The maximum absolute atomic E-state index is 13.2. The number of rotatable bonds is 11. The molecule has 174 valence electrons. The lowest BCUT2D eigenvalue weighted by atomic mass is 10.1. The standard InChI is InChI=1S/C24H30Cl2N2O4/c1-5-12-27-24(30)16(2)28(15-18-8-9-19(25)14-20(18)26)23(29)11-7-17-6-10-21(31-3)22(13-17)32-4/h6,8-10,13-14,16H,5,7,11-12,15H2,1-4H3,(H,27,30). The van der Waals surface area contributed by atoms with E-state index >= 15 is 0 Å². The third-order valence-corrected chi connectivity index (χ3v) is 5.73. The molecule has 1 N–H and O–H groups in total. The van der Waals surface area contributed by atoms with E-state index in [2.05, 4.69) is 5.32 Å². The van der Waals surface area contributed by atoms with E-state index in [0.717, 1.165) is 17.5 Å². The van der Waals surface area contributed by atoms with Crippen LogP contribution in [0.25, 0.3) is 0 Å². The van der Waals surface area contributed by atoms with Gasteiger partial charge in [-0.1, -0.05) is 42.3 Å². The second-order valence-electron chi connectivity index (χ2n) is 7.41. The van der Waals surface area contributed by atoms with E-state index in [4.69, 9.17) is 32.7 Å². The van der Waals surface area contributed by atoms with E-state index < -0.39 is 6.04 Å². The van der Waals surface area contributed by atoms with Crippen LogP contribution in [0.5, 0.6) is 11.5 Å². The van der Waals surface area contributed by atoms with Crippen molar-refractivity contribution in [2.45, 2.75) is 45.7 Å². The lowest BCUT2D eigenvalue weighted by Crippen LogP contribution is -2.47. The smallest absolute Gasteiger partial charge is 0.242 e. The molecule has 0 saturated carbocycles. The van der Waals surface area contributed by atoms with E-state index in [-0.39, 0.29) is 24.8 Å². The van der Waals surface area contributed by atoms with Gasteiger partial charge in [0.25, 0.3) is 0 Å². The Balaban J connectivity index is 2.19. The number of ether oxygens (including phenoxy) is 2. The third kappa shape index (κ3) is 7.04. The highest BCUT2D eigenvalue weighted by atomic mass is 35.5. The minimum Gasteiger partial charge on any atom is -0.493 e. The van der Waals surface area contributed by atoms with E-state index in [1.54, 1.807) is 44.2 Å². The highest BCUT2D eigenvalue weighted by Gasteiger charge is 2.26. The van der Waals surface area contributed by atoms with Crippen LogP contribution in [0, 0.1) is 0 Å². The lowest BCUT2D eigenvalue weighted by Gasteiger charge is -2.29. The number of hydrogen-bond donors (Lipinski definition) is 1. The minimum absolute atomic E-state index is 0.148. The Hall–Kier alpha value is -2.44. The van der Waals surface area contributed by atoms with Crippen molar-refractivity contribution < 1.29 is 19.1 Å². The molecule has 2 amide bonds. The summed E-state index contributed by atoms with van der Waals surface area (Å²) in [5.74, 6) is 0.888. The number of methoxy groups -OCH3 is 2. The molecule has 6 nitrogen and oxygen atoms in total. The Morgan fingerprint density at radius 3 is 2.41 bits per heavy atom. The first-order valence-electron chi connectivity index (χ1n) is 10.5. The highest BCUT2D eigenvalue weighted by Crippen LogP contribution is 2.28. The number of halogens is 2. The van der Waals surface area contributed by atoms with Gasteiger partial charge in [0.1, 0.15) is 6.04 Å². The second kappa shape index (κ2) is 12.6. The summed E-state index contributed by atoms with van der Waals surface area (Å²) in [6, 6.07) is 10.0. The van der Waals surface area contributed by atoms with Crippen molar-refractivity contribution in [3.63, 3.8) is 0 Å². The number of nitrogens with zero attached hydrogens (tertiary/aromatic N) is 1. The lowest BCUT2D eigenvalue weighted by molar-refractivity contribution is -0.140. The molecular weight excluding hydrogens is 451 g/mol. The molecule has 0 saturated heterocycles. The van der Waals surface area contributed by atoms with Crippen LogP contribution in [0.2, 0.25) is 10.0 Å². The van der Waals surface area contributed by atoms with Crippen molar-refractivity contribution in [1.82, 2.24) is 10.2 Å². The first kappa shape index (κ1) is 25.8. The maximum atomic E-state index is 13.2. The van der Waals surface area contributed by atoms with E-state index in [1.807, 2.05) is 25.1 Å². The van der Waals surface area contributed by atoms with Crippen LogP contribution in [0.1, 0.15) is 37.8 Å². The number of nitrogens with one attached hydrogen (secondary N) is 1. The molecule has 8 heteroatoms. The molecule has 1 unspecified atom stereocenters. The van der Waals surface area contributed by atoms with E-state index in [0.29, 0.717) is 34.5 Å². The molecule has 0 aromatic heterocycles. The molecular formula is C24H30Cl2N2O4. The summed E-state index contributed by atoms with van der Waals surface area (Å²) in [6.45, 7) is 4.47. The summed E-state index contributed by atoms with van der Waals surface area (Å²) in [5.41, 5.74) is 1.66. The molecule has 0 radical (unpaired) electrons. The highest BCUT2D eigenvalue weighted by molar-refractivity contribution is 6.35. The second-order valence-corrected chi connectivity index (χ2v) is 8.26. The van der Waals surface area contributed by atoms with Gasteiger partial charge in [-0.2, -0.15) is 0 Å². The SMILES string of the molecule is CCCNC(=O)C(C)N(Cc1ccc(Cl)cc1Cl)C(=O)CCc1ccc(OC)c(OC)c1. The topological polar surface area (TPSA) is 67.9 Å². The monoisotopic (exact) mass is 480 g/mol. The first-order chi connectivity index (χ1) is 15.3. The maximum Gasteiger partial charge on any atom is 0.242 e. The zero-order valence-corrected chi connectivity index (χ0v) is 20.4. The molecule has 2 rings (SSSR count). The van der Waals surface area contributed by atoms with Gasteiger partial charge in [-0.3, -0.25) is 9.59 Å². The van der Waals surface area contributed by atoms with E-state index in [1.165, 1.54) is 0 Å². The van der Waals surface area contributed by atoms with E-state index in [9.17, 15) is 9.59 Å². The van der Waals surface area contributed by atoms with Crippen LogP contribution in [-0.2, 0) is 22.6 Å². The van der Waals surface area contributed by atoms with Crippen molar-refractivity contribution in [1.29, 1.82) is 0 Å². The number of amides is 2. The van der Waals surface area contributed by atoms with Gasteiger partial charge in [0, 0.05) is 29.6 Å². The molecule has 1 atom stereocenters. The van der Waals surface area contributed by atoms with Crippen LogP contribution in [-0.4, -0.2) is 43.5 Å². The third-order valence-electron chi connectivity index (χ3n) is 5.15. The van der Waals surface area contributed by atoms with Crippen LogP contribution in [0.15, 0.2) is 36.4 Å². The fourth-order valence-electron chi connectivity index (χ4n) is 3.24. The average Bonchev–Trinajstić information content (AvgIpc) is 2.79. The van der Waals surface area contributed by atoms with Crippen molar-refractivity contribution in [2.75, 3.05) is 20.8 Å². The summed E-state index contributed by atoms with van der Waals surface area (Å²) >= 11 is 12.3. The predicted molar refractivity (Wildman–Crippen MR) is 128 cm³/mol. The summed E-state index contributed by atoms with van der Waals surface area (Å²) in [6.07, 6.45) is 1.54. The summed E-state index contributed by atoms with van der Waals surface area (Å²) in [4.78, 5) is 27.4. The fourth-order valence-corrected chi connectivity index (χ4v) is 3.71. The number of carbonyl (C=O) groups excluding carboxylic acids is 2. The quantitative estimate of drug-likeness (QED) is 0.497. The molecule has 0 spiro atoms. The van der Waals surface area contributed by atoms with Gasteiger partial charge in [0.05, 0.1) is 14.2 Å². The van der Waals surface area contributed by atoms with Gasteiger partial charge in [-0.05, 0) is 55.2 Å². The molecule has 2 aromatic carbocycles. The van der Waals surface area contributed by atoms with Gasteiger partial charge in [-0.25, -0.2) is 0 Å². The Bertz CT molecular complexity index is 936. The number of hydrogen-bond acceptors (Lipinski definition) is 4. The van der Waals surface area contributed by atoms with Gasteiger partial charge < -0.3 is 19.7 Å². The molecule has 0 aliphatic carbocycles. The molecule has 0 heterocycles. The zero-order chi connectivity index (χ0) is 23.7. The number of carbonyl (C=O) groups is 2. The van der Waals surface area contributed by atoms with Crippen LogP contribution >= 0.6 is 23.2 Å². The summed E-state index contributed by atoms with van der Waals surface area (Å²) in [5, 5.41) is 3.83. The average molecular weight is 481 g/mol. The van der Waals surface area contributed by atoms with Gasteiger partial charge in [-0.15, -0.1) is 0 Å². The first-order valence-corrected chi connectivity index (χ1v) is 11.3. The normalized spacial score (nSPS) is 11.6. The van der Waals surface area contributed by atoms with Crippen LogP contribution in [0.3, 0.4) is 0 Å². The van der Waals surface area contributed by atoms with Gasteiger partial charge in [0.2, 0.25) is 11.8 Å². The Morgan fingerprint density at radius 1 is 1.06 bits per heavy atom. The van der Waals surface area contributed by atoms with Crippen molar-refractivity contribution in [2.24, 2.45) is 0 Å². The largest absolute Gasteiger partial charge is 0.493 e. The fraction of sp³-hybridized carbons (Fsp3) is 0.417. The molecule has 0 aliphatic rings. The molecule has 0 fully saturated rings. The Labute approximate surface area is 199 Å². The van der Waals surface area contributed by atoms with Gasteiger partial charge >= 0.3 is 0 Å². The summed E-state index contributed by atoms with van der Waals surface area (Å²) in [7, 11) is 3.15. The Kier molecular flexibility index (Phi) is 10.1. The summed E-state index contributed by atoms with van der Waals surface area (Å²) < 4.78 is 10.6. The van der Waals surface area contributed by atoms with Crippen molar-refractivity contribution in [3.05, 3.63) is 57.6 Å². The minimum atomic E-state index is -0.647. The number of benzene rings is 2. The molecule has 32 heavy (non-hydrogen) atoms. The van der Waals surface area contributed by atoms with Crippen molar-refractivity contribution >= 4 is 35.0 Å². The Morgan fingerprint density at radius 2 is 1.78 bits per heavy atom. The van der Waals surface area contributed by atoms with Gasteiger partial charge in [0.15, 0.2) is 11.5 Å². The molecule has 2 aromatic rings. The van der Waals surface area contributed by atoms with Crippen molar-refractivity contribution in [3.8, 4) is 11.5 Å². The van der Waals surface area contributed by atoms with Crippen LogP contribution < -0.4 is 14.8 Å². The van der Waals surface area contributed by atoms with Crippen LogP contribution in [0.4, 0.5) is 0 Å². The molecule has 0 aliphatic heterocycles. The predicted octanol–water partition coefficient (Wildman–Crippen LogP) is 4.89. The zero-order valence-electron chi connectivity index (χ0n) is 18.9.